The third-order valence-electron chi connectivity index (χ3n) is 3.12. The van der Waals surface area contributed by atoms with Crippen LogP contribution in [-0.2, 0) is 4.84 Å². The average molecular weight is 252 g/mol. The molecule has 0 N–H and O–H groups in total. The normalized spacial score (nSPS) is 21.2. The van der Waals surface area contributed by atoms with Gasteiger partial charge in [0.2, 0.25) is 0 Å². The third kappa shape index (κ3) is 2.81. The van der Waals surface area contributed by atoms with Crippen molar-refractivity contribution < 1.29 is 4.84 Å². The number of rotatable bonds is 3. The largest absolute Gasteiger partial charge is 0.390 e. The Bertz CT molecular complexity index is 409. The first kappa shape index (κ1) is 12.4. The van der Waals surface area contributed by atoms with Crippen LogP contribution in [0, 0.1) is 0 Å². The van der Waals surface area contributed by atoms with E-state index >= 15 is 0 Å². The second-order valence-corrected chi connectivity index (χ2v) is 5.53. The topological polar surface area (TPSA) is 21.6 Å². The van der Waals surface area contributed by atoms with E-state index in [9.17, 15) is 0 Å². The third-order valence-corrected chi connectivity index (χ3v) is 3.40. The molecule has 0 aromatic heterocycles. The summed E-state index contributed by atoms with van der Waals surface area (Å²) >= 11 is 6.01. The van der Waals surface area contributed by atoms with Gasteiger partial charge in [-0.3, -0.25) is 0 Å². The molecule has 2 rings (SSSR count). The maximum Gasteiger partial charge on any atom is 0.149 e. The van der Waals surface area contributed by atoms with Crippen LogP contribution in [-0.4, -0.2) is 17.2 Å². The van der Waals surface area contributed by atoms with Gasteiger partial charge in [0.1, 0.15) is 6.10 Å². The van der Waals surface area contributed by atoms with E-state index in [2.05, 4.69) is 43.3 Å². The Kier molecular flexibility index (Phi) is 3.72. The highest BCUT2D eigenvalue weighted by Gasteiger charge is 2.26. The molecule has 1 aromatic carbocycles. The first-order chi connectivity index (χ1) is 8.08. The maximum atomic E-state index is 6.01. The van der Waals surface area contributed by atoms with E-state index in [1.54, 1.807) is 0 Å². The second-order valence-electron chi connectivity index (χ2n) is 4.84. The van der Waals surface area contributed by atoms with Crippen molar-refractivity contribution in [2.45, 2.75) is 44.6 Å². The zero-order chi connectivity index (χ0) is 12.4. The number of benzene rings is 1. The van der Waals surface area contributed by atoms with Crippen LogP contribution in [0.15, 0.2) is 29.4 Å². The molecule has 0 saturated heterocycles. The predicted molar refractivity (Wildman–Crippen MR) is 71.9 cm³/mol. The Labute approximate surface area is 108 Å². The summed E-state index contributed by atoms with van der Waals surface area (Å²) in [7, 11) is 0. The van der Waals surface area contributed by atoms with Crippen molar-refractivity contribution in [3.8, 4) is 0 Å². The van der Waals surface area contributed by atoms with Crippen LogP contribution in [0.25, 0.3) is 0 Å². The summed E-state index contributed by atoms with van der Waals surface area (Å²) in [6, 6.07) is 8.53. The number of halogens is 1. The van der Waals surface area contributed by atoms with Gasteiger partial charge in [0.25, 0.3) is 0 Å². The van der Waals surface area contributed by atoms with E-state index in [0.29, 0.717) is 5.92 Å². The predicted octanol–water partition coefficient (Wildman–Crippen LogP) is 3.93. The lowest BCUT2D eigenvalue weighted by Gasteiger charge is -2.09. The van der Waals surface area contributed by atoms with Gasteiger partial charge in [-0.05, 0) is 24.0 Å². The molecule has 17 heavy (non-hydrogen) atoms. The Balaban J connectivity index is 2.09. The van der Waals surface area contributed by atoms with Crippen LogP contribution in [0.4, 0.5) is 0 Å². The number of alkyl halides is 1. The van der Waals surface area contributed by atoms with Crippen molar-refractivity contribution in [2.24, 2.45) is 5.16 Å². The minimum absolute atomic E-state index is 0.00816. The van der Waals surface area contributed by atoms with E-state index in [1.807, 2.05) is 6.92 Å². The van der Waals surface area contributed by atoms with Crippen molar-refractivity contribution >= 4 is 17.3 Å². The first-order valence-electron chi connectivity index (χ1n) is 6.05. The summed E-state index contributed by atoms with van der Waals surface area (Å²) in [5, 5.41) is 4.11. The Morgan fingerprint density at radius 3 is 2.35 bits per heavy atom. The highest BCUT2D eigenvalue weighted by Crippen LogP contribution is 2.23. The molecule has 92 valence electrons. The van der Waals surface area contributed by atoms with Gasteiger partial charge >= 0.3 is 0 Å². The molecule has 0 aliphatic carbocycles. The zero-order valence-electron chi connectivity index (χ0n) is 10.5. The minimum atomic E-state index is -0.00816. The second kappa shape index (κ2) is 5.09. The fourth-order valence-electron chi connectivity index (χ4n) is 1.87. The van der Waals surface area contributed by atoms with Crippen LogP contribution in [0.5, 0.6) is 0 Å². The summed E-state index contributed by atoms with van der Waals surface area (Å²) in [5.41, 5.74) is 3.47. The lowest BCUT2D eigenvalue weighted by Crippen LogP contribution is -2.18. The highest BCUT2D eigenvalue weighted by molar-refractivity contribution is 6.21. The molecule has 0 bridgehead atoms. The number of hydrogen-bond donors (Lipinski definition) is 0. The van der Waals surface area contributed by atoms with Crippen LogP contribution < -0.4 is 0 Å². The number of oxime groups is 1. The van der Waals surface area contributed by atoms with Gasteiger partial charge < -0.3 is 4.84 Å². The first-order valence-corrected chi connectivity index (χ1v) is 6.48. The van der Waals surface area contributed by atoms with Crippen LogP contribution >= 0.6 is 11.6 Å². The molecule has 1 aliphatic heterocycles. The number of hydrogen-bond acceptors (Lipinski definition) is 2. The van der Waals surface area contributed by atoms with Gasteiger partial charge in [0, 0.05) is 6.42 Å². The monoisotopic (exact) mass is 251 g/mol. The van der Waals surface area contributed by atoms with Crippen molar-refractivity contribution in [2.75, 3.05) is 0 Å². The van der Waals surface area contributed by atoms with E-state index in [4.69, 9.17) is 16.4 Å². The Morgan fingerprint density at radius 2 is 1.88 bits per heavy atom. The Hall–Kier alpha value is -1.02. The van der Waals surface area contributed by atoms with E-state index in [1.165, 1.54) is 5.56 Å². The van der Waals surface area contributed by atoms with E-state index < -0.39 is 0 Å². The molecule has 0 spiro atoms. The van der Waals surface area contributed by atoms with Gasteiger partial charge in [-0.2, -0.15) is 0 Å². The van der Waals surface area contributed by atoms with Crippen LogP contribution in [0.3, 0.4) is 0 Å². The number of nitrogens with zero attached hydrogens (tertiary/aromatic N) is 1. The molecule has 0 fully saturated rings. The van der Waals surface area contributed by atoms with Gasteiger partial charge in [-0.15, -0.1) is 11.6 Å². The fraction of sp³-hybridized carbons (Fsp3) is 0.500. The minimum Gasteiger partial charge on any atom is -0.390 e. The van der Waals surface area contributed by atoms with Crippen LogP contribution in [0.1, 0.15) is 44.2 Å². The van der Waals surface area contributed by atoms with Crippen molar-refractivity contribution in [3.63, 3.8) is 0 Å². The smallest absolute Gasteiger partial charge is 0.149 e. The highest BCUT2D eigenvalue weighted by atomic mass is 35.5. The SMILES string of the molecule is CC(C)c1ccc(C2=NOC(C(C)Cl)C2)cc1. The van der Waals surface area contributed by atoms with Crippen LogP contribution in [0.2, 0.25) is 0 Å². The molecule has 1 heterocycles. The lowest BCUT2D eigenvalue weighted by molar-refractivity contribution is 0.0855. The molecule has 0 amide bonds. The molecule has 2 atom stereocenters. The molecule has 2 unspecified atom stereocenters. The zero-order valence-corrected chi connectivity index (χ0v) is 11.2. The lowest BCUT2D eigenvalue weighted by atomic mass is 9.98. The van der Waals surface area contributed by atoms with Crippen molar-refractivity contribution in [1.29, 1.82) is 0 Å². The summed E-state index contributed by atoms with van der Waals surface area (Å²) in [6.45, 7) is 6.32. The fourth-order valence-corrected chi connectivity index (χ4v) is 2.01. The maximum absolute atomic E-state index is 6.01. The quantitative estimate of drug-likeness (QED) is 0.746. The molecule has 3 heteroatoms. The molecular weight excluding hydrogens is 234 g/mol. The standard InChI is InChI=1S/C14H18ClNO/c1-9(2)11-4-6-12(7-5-11)13-8-14(10(3)15)17-16-13/h4-7,9-10,14H,8H2,1-3H3. The van der Waals surface area contributed by atoms with Gasteiger partial charge in [-0.25, -0.2) is 0 Å². The summed E-state index contributed by atoms with van der Waals surface area (Å²) in [5.74, 6) is 0.557. The van der Waals surface area contributed by atoms with Gasteiger partial charge in [-0.1, -0.05) is 43.3 Å². The molecule has 1 aromatic rings. The van der Waals surface area contributed by atoms with Gasteiger partial charge in [0.15, 0.2) is 0 Å². The molecule has 1 aliphatic rings. The molecule has 2 nitrogen and oxygen atoms in total. The van der Waals surface area contributed by atoms with E-state index in [-0.39, 0.29) is 11.5 Å². The van der Waals surface area contributed by atoms with E-state index in [0.717, 1.165) is 17.7 Å². The molecule has 0 radical (unpaired) electrons. The average Bonchev–Trinajstić information content (AvgIpc) is 2.78. The summed E-state index contributed by atoms with van der Waals surface area (Å²) in [6.07, 6.45) is 0.808. The van der Waals surface area contributed by atoms with Crippen molar-refractivity contribution in [1.82, 2.24) is 0 Å². The molecular formula is C14H18ClNO. The summed E-state index contributed by atoms with van der Waals surface area (Å²) in [4.78, 5) is 5.32. The molecule has 0 saturated carbocycles. The summed E-state index contributed by atoms with van der Waals surface area (Å²) < 4.78 is 0. The van der Waals surface area contributed by atoms with Crippen molar-refractivity contribution in [3.05, 3.63) is 35.4 Å². The Morgan fingerprint density at radius 1 is 1.24 bits per heavy atom. The van der Waals surface area contributed by atoms with Gasteiger partial charge in [0.05, 0.1) is 11.1 Å².